The Bertz CT molecular complexity index is 407. The zero-order valence-electron chi connectivity index (χ0n) is 21.4. The molecule has 0 fully saturated rings. The molecule has 0 saturated heterocycles. The normalized spacial score (nSPS) is 13.0. The van der Waals surface area contributed by atoms with Crippen LogP contribution in [0.4, 0.5) is 0 Å². The van der Waals surface area contributed by atoms with E-state index in [2.05, 4.69) is 61.2 Å². The monoisotopic (exact) mass is 534 g/mol. The van der Waals surface area contributed by atoms with Crippen molar-refractivity contribution in [2.45, 2.75) is 131 Å². The predicted molar refractivity (Wildman–Crippen MR) is 137 cm³/mol. The van der Waals surface area contributed by atoms with Crippen LogP contribution in [0, 0.1) is 0 Å². The van der Waals surface area contributed by atoms with Gasteiger partial charge >= 0.3 is 190 Å². The first-order valence-electron chi connectivity index (χ1n) is 12.5. The topological polar surface area (TPSA) is 18.5 Å². The first-order chi connectivity index (χ1) is 13.6. The Labute approximate surface area is 189 Å². The summed E-state index contributed by atoms with van der Waals surface area (Å²) in [6.07, 6.45) is 11.5. The van der Waals surface area contributed by atoms with E-state index in [1.165, 1.54) is 62.0 Å². The molecule has 0 radical (unpaired) electrons. The molecule has 0 aliphatic carbocycles. The third-order valence-electron chi connectivity index (χ3n) is 6.95. The molecule has 0 heterocycles. The van der Waals surface area contributed by atoms with Crippen molar-refractivity contribution >= 4 is 26.7 Å². The molecule has 2 nitrogen and oxygen atoms in total. The van der Waals surface area contributed by atoms with Gasteiger partial charge in [0.25, 0.3) is 0 Å². The van der Waals surface area contributed by atoms with Gasteiger partial charge in [0.15, 0.2) is 0 Å². The second kappa shape index (κ2) is 15.3. The van der Waals surface area contributed by atoms with Gasteiger partial charge in [-0.2, -0.15) is 0 Å². The maximum absolute atomic E-state index is 6.37. The Kier molecular flexibility index (Phi) is 15.6. The molecule has 0 aliphatic rings. The van der Waals surface area contributed by atoms with Crippen molar-refractivity contribution in [1.29, 1.82) is 0 Å². The minimum atomic E-state index is -2.40. The molecule has 0 aromatic rings. The van der Waals surface area contributed by atoms with E-state index in [4.69, 9.17) is 9.16 Å². The van der Waals surface area contributed by atoms with Gasteiger partial charge in [-0.1, -0.05) is 0 Å². The number of hydrogen-bond donors (Lipinski definition) is 0. The van der Waals surface area contributed by atoms with E-state index in [1.54, 1.807) is 0 Å². The molecule has 29 heavy (non-hydrogen) atoms. The Morgan fingerprint density at radius 2 is 1.21 bits per heavy atom. The summed E-state index contributed by atoms with van der Waals surface area (Å²) in [6.45, 7) is 24.9. The van der Waals surface area contributed by atoms with Gasteiger partial charge in [-0.3, -0.25) is 0 Å². The van der Waals surface area contributed by atoms with Crippen LogP contribution >= 0.6 is 0 Å². The molecule has 0 unspecified atom stereocenters. The fraction of sp³-hybridized carbons (Fsp3) is 0.920. The van der Waals surface area contributed by atoms with Gasteiger partial charge < -0.3 is 0 Å². The summed E-state index contributed by atoms with van der Waals surface area (Å²) in [7, 11) is -1.59. The SMILES string of the molecule is C=[C](OCCCCCO[Si](C)(C)C(C)(C)C)[Sn]([CH2]CCC)([CH2]CCC)[CH2]CCC. The summed E-state index contributed by atoms with van der Waals surface area (Å²) < 4.78 is 18.3. The summed E-state index contributed by atoms with van der Waals surface area (Å²) in [5, 5.41) is 0.305. The second-order valence-corrected chi connectivity index (χ2v) is 28.5. The van der Waals surface area contributed by atoms with Gasteiger partial charge in [0.1, 0.15) is 0 Å². The van der Waals surface area contributed by atoms with Crippen molar-refractivity contribution in [3.8, 4) is 0 Å². The van der Waals surface area contributed by atoms with Crippen LogP contribution in [0.5, 0.6) is 0 Å². The summed E-state index contributed by atoms with van der Waals surface area (Å²) >= 11 is -2.40. The van der Waals surface area contributed by atoms with E-state index >= 15 is 0 Å². The van der Waals surface area contributed by atoms with Crippen LogP contribution in [0.2, 0.25) is 31.4 Å². The quantitative estimate of drug-likeness (QED) is 0.0994. The van der Waals surface area contributed by atoms with Gasteiger partial charge in [-0.15, -0.1) is 0 Å². The molecule has 0 bridgehead atoms. The molecule has 0 aromatic heterocycles. The fourth-order valence-corrected chi connectivity index (χ4v) is 19.2. The number of unbranched alkanes of at least 4 members (excludes halogenated alkanes) is 5. The number of ether oxygens (including phenoxy) is 1. The first-order valence-corrected chi connectivity index (χ1v) is 22.9. The molecule has 0 saturated carbocycles. The Morgan fingerprint density at radius 3 is 1.62 bits per heavy atom. The van der Waals surface area contributed by atoms with Crippen molar-refractivity contribution in [3.05, 3.63) is 10.4 Å². The van der Waals surface area contributed by atoms with Crippen LogP contribution in [0.1, 0.15) is 99.3 Å². The Hall–Kier alpha value is 0.516. The van der Waals surface area contributed by atoms with E-state index in [9.17, 15) is 0 Å². The minimum absolute atomic E-state index is 0.305. The molecule has 174 valence electrons. The van der Waals surface area contributed by atoms with E-state index in [1.807, 2.05) is 0 Å². The van der Waals surface area contributed by atoms with E-state index in [0.29, 0.717) is 5.04 Å². The van der Waals surface area contributed by atoms with Crippen LogP contribution < -0.4 is 0 Å². The first kappa shape index (κ1) is 29.5. The molecule has 4 heteroatoms. The zero-order chi connectivity index (χ0) is 22.4. The molecular weight excluding hydrogens is 479 g/mol. The van der Waals surface area contributed by atoms with Crippen molar-refractivity contribution in [3.63, 3.8) is 0 Å². The molecule has 0 atom stereocenters. The van der Waals surface area contributed by atoms with Gasteiger partial charge in [-0.05, 0) is 0 Å². The Morgan fingerprint density at radius 1 is 0.759 bits per heavy atom. The van der Waals surface area contributed by atoms with Crippen molar-refractivity contribution in [2.24, 2.45) is 0 Å². The number of hydrogen-bond acceptors (Lipinski definition) is 2. The molecular formula is C25H54O2SiSn. The van der Waals surface area contributed by atoms with Crippen LogP contribution in [0.15, 0.2) is 10.4 Å². The molecule has 0 N–H and O–H groups in total. The predicted octanol–water partition coefficient (Wildman–Crippen LogP) is 9.10. The summed E-state index contributed by atoms with van der Waals surface area (Å²) in [6, 6.07) is 0. The molecule has 0 spiro atoms. The molecule has 0 rings (SSSR count). The van der Waals surface area contributed by atoms with Crippen molar-refractivity contribution in [2.75, 3.05) is 13.2 Å². The standard InChI is InChI=1S/C13H27O2Si.3C4H9.Sn/c1-7-14-11-9-8-10-12-15-16(5,6)13(2,3)4;3*1-3-4-2;/h1,8-12H2,2-6H3;3*1,3-4H2,2H3;. The number of rotatable bonds is 18. The van der Waals surface area contributed by atoms with Crippen LogP contribution in [0.3, 0.4) is 0 Å². The third kappa shape index (κ3) is 11.6. The van der Waals surface area contributed by atoms with Gasteiger partial charge in [0, 0.05) is 0 Å². The van der Waals surface area contributed by atoms with E-state index in [-0.39, 0.29) is 0 Å². The van der Waals surface area contributed by atoms with Crippen LogP contribution in [0.25, 0.3) is 0 Å². The maximum atomic E-state index is 6.37. The fourth-order valence-electron chi connectivity index (χ4n) is 3.61. The van der Waals surface area contributed by atoms with Crippen molar-refractivity contribution < 1.29 is 9.16 Å². The average molecular weight is 534 g/mol. The second-order valence-electron chi connectivity index (χ2n) is 10.5. The van der Waals surface area contributed by atoms with Gasteiger partial charge in [0.2, 0.25) is 0 Å². The van der Waals surface area contributed by atoms with Crippen LogP contribution in [-0.4, -0.2) is 39.9 Å². The van der Waals surface area contributed by atoms with Crippen molar-refractivity contribution in [1.82, 2.24) is 0 Å². The summed E-state index contributed by atoms with van der Waals surface area (Å²) in [4.78, 5) is 0. The van der Waals surface area contributed by atoms with E-state index < -0.39 is 26.7 Å². The zero-order valence-corrected chi connectivity index (χ0v) is 25.3. The molecule has 0 aliphatic heterocycles. The third-order valence-corrected chi connectivity index (χ3v) is 26.5. The molecule has 0 amide bonds. The molecule has 0 aromatic carbocycles. The van der Waals surface area contributed by atoms with Gasteiger partial charge in [0.05, 0.1) is 0 Å². The summed E-state index contributed by atoms with van der Waals surface area (Å²) in [5.41, 5.74) is 0. The average Bonchev–Trinajstić information content (AvgIpc) is 2.65. The Balaban J connectivity index is 4.45. The summed E-state index contributed by atoms with van der Waals surface area (Å²) in [5.74, 6) is 0. The van der Waals surface area contributed by atoms with Crippen LogP contribution in [-0.2, 0) is 9.16 Å². The van der Waals surface area contributed by atoms with Gasteiger partial charge in [-0.25, -0.2) is 0 Å². The van der Waals surface area contributed by atoms with E-state index in [0.717, 1.165) is 26.1 Å².